The Hall–Kier alpha value is -3.06. The van der Waals surface area contributed by atoms with Gasteiger partial charge in [-0.05, 0) is 42.8 Å². The minimum atomic E-state index is -0.352. The molecule has 27 heavy (non-hydrogen) atoms. The minimum Gasteiger partial charge on any atom is -0.504 e. The molecule has 3 N–H and O–H groups in total. The quantitative estimate of drug-likeness (QED) is 0.477. The molecule has 2 rings (SSSR count). The first kappa shape index (κ1) is 20.3. The molecule has 2 aromatic rings. The van der Waals surface area contributed by atoms with Crippen LogP contribution in [-0.2, 0) is 4.79 Å². The Morgan fingerprint density at radius 3 is 2.78 bits per heavy atom. The van der Waals surface area contributed by atoms with Crippen LogP contribution < -0.4 is 15.5 Å². The van der Waals surface area contributed by atoms with Crippen molar-refractivity contribution in [2.45, 2.75) is 13.3 Å². The molecule has 0 aromatic heterocycles. The van der Waals surface area contributed by atoms with Crippen molar-refractivity contribution in [1.29, 1.82) is 0 Å². The Kier molecular flexibility index (Phi) is 7.63. The van der Waals surface area contributed by atoms with E-state index in [1.54, 1.807) is 36.4 Å². The van der Waals surface area contributed by atoms with Crippen LogP contribution in [0.25, 0.3) is 0 Å². The van der Waals surface area contributed by atoms with E-state index in [-0.39, 0.29) is 30.5 Å². The number of carbonyl (C=O) groups excluding carboxylic acids is 2. The van der Waals surface area contributed by atoms with Crippen LogP contribution in [0.3, 0.4) is 0 Å². The number of hydrogen-bond donors (Lipinski definition) is 3. The molecule has 0 radical (unpaired) electrons. The summed E-state index contributed by atoms with van der Waals surface area (Å²) in [7, 11) is 0. The Morgan fingerprint density at radius 2 is 2.04 bits per heavy atom. The van der Waals surface area contributed by atoms with E-state index < -0.39 is 0 Å². The summed E-state index contributed by atoms with van der Waals surface area (Å²) in [6.45, 7) is 2.38. The first-order valence-electron chi connectivity index (χ1n) is 8.31. The summed E-state index contributed by atoms with van der Waals surface area (Å²) in [5.41, 5.74) is 3.38. The summed E-state index contributed by atoms with van der Waals surface area (Å²) < 4.78 is 5.28. The molecule has 2 amide bonds. The number of hydrogen-bond acceptors (Lipinski definition) is 5. The zero-order valence-corrected chi connectivity index (χ0v) is 15.5. The lowest BCUT2D eigenvalue weighted by Crippen LogP contribution is -2.29. The van der Waals surface area contributed by atoms with E-state index in [0.717, 1.165) is 0 Å². The molecule has 0 atom stereocenters. The number of phenols is 1. The van der Waals surface area contributed by atoms with Gasteiger partial charge < -0.3 is 15.2 Å². The highest BCUT2D eigenvalue weighted by molar-refractivity contribution is 6.33. The van der Waals surface area contributed by atoms with Gasteiger partial charge in [-0.2, -0.15) is 5.10 Å². The normalized spacial score (nSPS) is 10.6. The molecule has 2 aromatic carbocycles. The summed E-state index contributed by atoms with van der Waals surface area (Å²) >= 11 is 5.94. The number of rotatable bonds is 8. The van der Waals surface area contributed by atoms with Crippen molar-refractivity contribution < 1.29 is 19.4 Å². The second-order valence-electron chi connectivity index (χ2n) is 5.44. The maximum atomic E-state index is 12.0. The topological polar surface area (TPSA) is 100 Å². The Bertz CT molecular complexity index is 839. The Balaban J connectivity index is 1.78. The third-order valence-corrected chi connectivity index (χ3v) is 3.77. The molecule has 7 nitrogen and oxygen atoms in total. The van der Waals surface area contributed by atoms with E-state index in [1.165, 1.54) is 12.3 Å². The highest BCUT2D eigenvalue weighted by Crippen LogP contribution is 2.26. The van der Waals surface area contributed by atoms with Gasteiger partial charge in [0.1, 0.15) is 0 Å². The first-order valence-corrected chi connectivity index (χ1v) is 8.69. The summed E-state index contributed by atoms with van der Waals surface area (Å²) in [5, 5.41) is 16.5. The van der Waals surface area contributed by atoms with Gasteiger partial charge in [-0.3, -0.25) is 9.59 Å². The SMILES string of the molecule is CCOc1cc(/C=N/NC(=O)CCNC(=O)c2ccccc2Cl)ccc1O. The average molecular weight is 390 g/mol. The number of phenolic OH excluding ortho intramolecular Hbond substituents is 1. The number of benzene rings is 2. The molecule has 0 aliphatic heterocycles. The maximum Gasteiger partial charge on any atom is 0.252 e. The predicted octanol–water partition coefficient (Wildman–Crippen LogP) is 2.71. The fraction of sp³-hybridized carbons (Fsp3) is 0.211. The number of amides is 2. The van der Waals surface area contributed by atoms with E-state index >= 15 is 0 Å². The van der Waals surface area contributed by atoms with E-state index in [0.29, 0.717) is 28.5 Å². The van der Waals surface area contributed by atoms with Gasteiger partial charge in [-0.1, -0.05) is 23.7 Å². The van der Waals surface area contributed by atoms with Crippen LogP contribution in [0.5, 0.6) is 11.5 Å². The predicted molar refractivity (Wildman–Crippen MR) is 103 cm³/mol. The molecule has 0 aliphatic rings. The number of nitrogens with one attached hydrogen (secondary N) is 2. The number of aromatic hydroxyl groups is 1. The lowest BCUT2D eigenvalue weighted by atomic mass is 10.2. The zero-order valence-electron chi connectivity index (χ0n) is 14.7. The van der Waals surface area contributed by atoms with Crippen molar-refractivity contribution in [2.24, 2.45) is 5.10 Å². The van der Waals surface area contributed by atoms with Crippen molar-refractivity contribution in [2.75, 3.05) is 13.2 Å². The molecule has 0 saturated heterocycles. The van der Waals surface area contributed by atoms with Gasteiger partial charge in [0, 0.05) is 13.0 Å². The number of ether oxygens (including phenoxy) is 1. The van der Waals surface area contributed by atoms with Crippen LogP contribution in [0.4, 0.5) is 0 Å². The van der Waals surface area contributed by atoms with E-state index in [4.69, 9.17) is 16.3 Å². The van der Waals surface area contributed by atoms with Crippen molar-refractivity contribution in [3.8, 4) is 11.5 Å². The molecule has 0 unspecified atom stereocenters. The van der Waals surface area contributed by atoms with Crippen LogP contribution >= 0.6 is 11.6 Å². The summed E-state index contributed by atoms with van der Waals surface area (Å²) in [5.74, 6) is -0.318. The monoisotopic (exact) mass is 389 g/mol. The highest BCUT2D eigenvalue weighted by atomic mass is 35.5. The van der Waals surface area contributed by atoms with E-state index in [9.17, 15) is 14.7 Å². The average Bonchev–Trinajstić information content (AvgIpc) is 2.65. The summed E-state index contributed by atoms with van der Waals surface area (Å²) in [4.78, 5) is 23.7. The molecule has 0 heterocycles. The van der Waals surface area contributed by atoms with Gasteiger partial charge in [0.25, 0.3) is 5.91 Å². The number of hydrazone groups is 1. The van der Waals surface area contributed by atoms with Crippen LogP contribution in [0.1, 0.15) is 29.3 Å². The van der Waals surface area contributed by atoms with Gasteiger partial charge >= 0.3 is 0 Å². The van der Waals surface area contributed by atoms with Crippen LogP contribution in [-0.4, -0.2) is 36.3 Å². The molecule has 0 aliphatic carbocycles. The lowest BCUT2D eigenvalue weighted by molar-refractivity contribution is -0.120. The smallest absolute Gasteiger partial charge is 0.252 e. The van der Waals surface area contributed by atoms with Crippen molar-refractivity contribution in [1.82, 2.24) is 10.7 Å². The first-order chi connectivity index (χ1) is 13.0. The molecular formula is C19H20ClN3O4. The molecule has 0 bridgehead atoms. The van der Waals surface area contributed by atoms with Crippen LogP contribution in [0.2, 0.25) is 5.02 Å². The molecule has 0 saturated carbocycles. The number of halogens is 1. The summed E-state index contributed by atoms with van der Waals surface area (Å²) in [6, 6.07) is 11.4. The third kappa shape index (κ3) is 6.31. The van der Waals surface area contributed by atoms with E-state index in [1.807, 2.05) is 6.92 Å². The molecule has 0 spiro atoms. The fourth-order valence-electron chi connectivity index (χ4n) is 2.15. The minimum absolute atomic E-state index is 0.0345. The Labute approximate surface area is 162 Å². The number of nitrogens with zero attached hydrogens (tertiary/aromatic N) is 1. The van der Waals surface area contributed by atoms with Gasteiger partial charge in [0.15, 0.2) is 11.5 Å². The third-order valence-electron chi connectivity index (χ3n) is 3.44. The molecule has 0 fully saturated rings. The standard InChI is InChI=1S/C19H20ClN3O4/c1-2-27-17-11-13(7-8-16(17)24)12-22-23-18(25)9-10-21-19(26)14-5-3-4-6-15(14)20/h3-8,11-12,24H,2,9-10H2,1H3,(H,21,26)(H,23,25)/b22-12+. The molecular weight excluding hydrogens is 370 g/mol. The number of carbonyl (C=O) groups is 2. The zero-order chi connectivity index (χ0) is 19.6. The van der Waals surface area contributed by atoms with Crippen LogP contribution in [0, 0.1) is 0 Å². The van der Waals surface area contributed by atoms with Crippen LogP contribution in [0.15, 0.2) is 47.6 Å². The van der Waals surface area contributed by atoms with Gasteiger partial charge in [0.05, 0.1) is 23.4 Å². The second kappa shape index (κ2) is 10.2. The second-order valence-corrected chi connectivity index (χ2v) is 5.85. The molecule has 142 valence electrons. The van der Waals surface area contributed by atoms with Crippen molar-refractivity contribution in [3.63, 3.8) is 0 Å². The summed E-state index contributed by atoms with van der Waals surface area (Å²) in [6.07, 6.45) is 1.50. The maximum absolute atomic E-state index is 12.0. The lowest BCUT2D eigenvalue weighted by Gasteiger charge is -2.06. The largest absolute Gasteiger partial charge is 0.504 e. The van der Waals surface area contributed by atoms with Gasteiger partial charge in [-0.15, -0.1) is 0 Å². The van der Waals surface area contributed by atoms with Gasteiger partial charge in [-0.25, -0.2) is 5.43 Å². The van der Waals surface area contributed by atoms with Gasteiger partial charge in [0.2, 0.25) is 5.91 Å². The van der Waals surface area contributed by atoms with Crippen molar-refractivity contribution >= 4 is 29.6 Å². The Morgan fingerprint density at radius 1 is 1.26 bits per heavy atom. The highest BCUT2D eigenvalue weighted by Gasteiger charge is 2.09. The van der Waals surface area contributed by atoms with E-state index in [2.05, 4.69) is 15.8 Å². The molecule has 8 heteroatoms. The fourth-order valence-corrected chi connectivity index (χ4v) is 2.37. The van der Waals surface area contributed by atoms with Crippen molar-refractivity contribution in [3.05, 3.63) is 58.6 Å².